The lowest BCUT2D eigenvalue weighted by Gasteiger charge is -2.00. The van der Waals surface area contributed by atoms with Crippen LogP contribution in [0.3, 0.4) is 0 Å². The minimum Gasteiger partial charge on any atom is -0.0843 e. The molecule has 0 aliphatic heterocycles. The lowest BCUT2D eigenvalue weighted by molar-refractivity contribution is 1.59. The van der Waals surface area contributed by atoms with Crippen LogP contribution in [0.15, 0.2) is 45.3 Å². The van der Waals surface area contributed by atoms with Crippen LogP contribution in [0.5, 0.6) is 0 Å². The molecule has 0 saturated heterocycles. The Balaban J connectivity index is 2.29. The van der Waals surface area contributed by atoms with Crippen LogP contribution in [-0.4, -0.2) is 0 Å². The van der Waals surface area contributed by atoms with Gasteiger partial charge in [-0.15, -0.1) is 0 Å². The van der Waals surface area contributed by atoms with Gasteiger partial charge in [-0.05, 0) is 41.5 Å². The quantitative estimate of drug-likeness (QED) is 0.487. The van der Waals surface area contributed by atoms with Crippen molar-refractivity contribution in [1.82, 2.24) is 0 Å². The van der Waals surface area contributed by atoms with E-state index in [2.05, 4.69) is 31.9 Å². The van der Waals surface area contributed by atoms with E-state index in [1.807, 2.05) is 48.6 Å². The van der Waals surface area contributed by atoms with Crippen LogP contribution in [-0.2, 0) is 0 Å². The summed E-state index contributed by atoms with van der Waals surface area (Å²) in [6.07, 6.45) is 4.02. The predicted octanol–water partition coefficient (Wildman–Crippen LogP) is 6.69. The van der Waals surface area contributed by atoms with Crippen molar-refractivity contribution >= 4 is 67.2 Å². The zero-order valence-electron chi connectivity index (χ0n) is 9.13. The van der Waals surface area contributed by atoms with Gasteiger partial charge in [-0.25, -0.2) is 0 Å². The largest absolute Gasteiger partial charge is 0.0843 e. The third-order valence-electron chi connectivity index (χ3n) is 2.30. The van der Waals surface area contributed by atoms with Crippen LogP contribution in [0, 0.1) is 0 Å². The van der Waals surface area contributed by atoms with E-state index in [1.54, 1.807) is 0 Å². The molecule has 0 amide bonds. The third kappa shape index (κ3) is 3.86. The van der Waals surface area contributed by atoms with Crippen molar-refractivity contribution in [2.24, 2.45) is 0 Å². The number of hydrogen-bond donors (Lipinski definition) is 0. The van der Waals surface area contributed by atoms with Crippen molar-refractivity contribution in [3.8, 4) is 0 Å². The van der Waals surface area contributed by atoms with Crippen LogP contribution in [0.25, 0.3) is 12.2 Å². The maximum absolute atomic E-state index is 5.99. The lowest BCUT2D eigenvalue weighted by atomic mass is 10.1. The molecule has 0 unspecified atom stereocenters. The van der Waals surface area contributed by atoms with Crippen molar-refractivity contribution in [1.29, 1.82) is 0 Å². The highest BCUT2D eigenvalue weighted by atomic mass is 79.9. The monoisotopic (exact) mass is 404 g/mol. The van der Waals surface area contributed by atoms with Crippen molar-refractivity contribution < 1.29 is 0 Å². The van der Waals surface area contributed by atoms with E-state index < -0.39 is 0 Å². The van der Waals surface area contributed by atoms with Gasteiger partial charge in [-0.3, -0.25) is 0 Å². The molecule has 18 heavy (non-hydrogen) atoms. The maximum Gasteiger partial charge on any atom is 0.0423 e. The van der Waals surface area contributed by atoms with E-state index in [4.69, 9.17) is 23.2 Å². The van der Waals surface area contributed by atoms with Gasteiger partial charge < -0.3 is 0 Å². The fourth-order valence-electron chi connectivity index (χ4n) is 1.49. The SMILES string of the molecule is Clc1cc(Br)cc(C=Cc2ccc(Cl)cc2Br)c1. The van der Waals surface area contributed by atoms with E-state index in [9.17, 15) is 0 Å². The molecule has 2 aromatic carbocycles. The van der Waals surface area contributed by atoms with Crippen LogP contribution in [0.4, 0.5) is 0 Å². The molecule has 0 heterocycles. The van der Waals surface area contributed by atoms with Gasteiger partial charge in [0, 0.05) is 19.0 Å². The Labute approximate surface area is 133 Å². The first-order valence-electron chi connectivity index (χ1n) is 5.14. The second-order valence-corrected chi connectivity index (χ2v) is 6.34. The summed E-state index contributed by atoms with van der Waals surface area (Å²) in [7, 11) is 0. The van der Waals surface area contributed by atoms with Crippen LogP contribution in [0.1, 0.15) is 11.1 Å². The Kier molecular flexibility index (Phi) is 4.91. The van der Waals surface area contributed by atoms with E-state index in [0.717, 1.165) is 20.1 Å². The second kappa shape index (κ2) is 6.25. The molecule has 92 valence electrons. The molecule has 0 aliphatic carbocycles. The fourth-order valence-corrected chi connectivity index (χ4v) is 3.20. The topological polar surface area (TPSA) is 0 Å². The van der Waals surface area contributed by atoms with Crippen LogP contribution < -0.4 is 0 Å². The smallest absolute Gasteiger partial charge is 0.0423 e. The molecule has 0 aliphatic rings. The average Bonchev–Trinajstić information content (AvgIpc) is 2.26. The van der Waals surface area contributed by atoms with Gasteiger partial charge in [0.05, 0.1) is 0 Å². The number of halogens is 4. The first-order valence-corrected chi connectivity index (χ1v) is 7.48. The van der Waals surface area contributed by atoms with Crippen molar-refractivity contribution in [3.05, 3.63) is 66.5 Å². The van der Waals surface area contributed by atoms with Gasteiger partial charge in [0.1, 0.15) is 0 Å². The molecule has 4 heteroatoms. The predicted molar refractivity (Wildman–Crippen MR) is 87.2 cm³/mol. The van der Waals surface area contributed by atoms with Crippen molar-refractivity contribution in [3.63, 3.8) is 0 Å². The molecule has 0 aromatic heterocycles. The fraction of sp³-hybridized carbons (Fsp3) is 0. The van der Waals surface area contributed by atoms with E-state index in [0.29, 0.717) is 10.0 Å². The maximum atomic E-state index is 5.99. The molecular formula is C14H8Br2Cl2. The highest BCUT2D eigenvalue weighted by molar-refractivity contribution is 9.10. The number of rotatable bonds is 2. The molecule has 0 saturated carbocycles. The summed E-state index contributed by atoms with van der Waals surface area (Å²) in [5, 5.41) is 1.42. The summed E-state index contributed by atoms with van der Waals surface area (Å²) in [5.74, 6) is 0. The van der Waals surface area contributed by atoms with Gasteiger partial charge in [0.2, 0.25) is 0 Å². The van der Waals surface area contributed by atoms with Gasteiger partial charge >= 0.3 is 0 Å². The normalized spacial score (nSPS) is 11.1. The molecule has 0 N–H and O–H groups in total. The molecule has 2 rings (SSSR count). The Bertz CT molecular complexity index is 586. The highest BCUT2D eigenvalue weighted by Gasteiger charge is 1.98. The Morgan fingerprint density at radius 2 is 1.61 bits per heavy atom. The Hall–Kier alpha value is -0.280. The van der Waals surface area contributed by atoms with E-state index in [-0.39, 0.29) is 0 Å². The van der Waals surface area contributed by atoms with Crippen LogP contribution in [0.2, 0.25) is 10.0 Å². The summed E-state index contributed by atoms with van der Waals surface area (Å²) in [6, 6.07) is 11.5. The summed E-state index contributed by atoms with van der Waals surface area (Å²) >= 11 is 18.8. The number of hydrogen-bond acceptors (Lipinski definition) is 0. The van der Waals surface area contributed by atoms with Crippen molar-refractivity contribution in [2.45, 2.75) is 0 Å². The van der Waals surface area contributed by atoms with Gasteiger partial charge in [0.15, 0.2) is 0 Å². The molecule has 0 spiro atoms. The zero-order chi connectivity index (χ0) is 13.1. The summed E-state index contributed by atoms with van der Waals surface area (Å²) in [5.41, 5.74) is 2.10. The molecule has 0 bridgehead atoms. The standard InChI is InChI=1S/C14H8Br2Cl2/c15-11-5-9(6-13(18)7-11)1-2-10-3-4-12(17)8-14(10)16/h1-8H. The molecule has 0 radical (unpaired) electrons. The van der Waals surface area contributed by atoms with Gasteiger partial charge in [0.25, 0.3) is 0 Å². The molecule has 0 fully saturated rings. The lowest BCUT2D eigenvalue weighted by Crippen LogP contribution is -1.77. The zero-order valence-corrected chi connectivity index (χ0v) is 13.8. The molecule has 2 aromatic rings. The minimum atomic E-state index is 0.708. The molecule has 0 nitrogen and oxygen atoms in total. The Morgan fingerprint density at radius 1 is 0.833 bits per heavy atom. The van der Waals surface area contributed by atoms with Crippen LogP contribution >= 0.6 is 55.1 Å². The van der Waals surface area contributed by atoms with Gasteiger partial charge in [-0.1, -0.05) is 73.3 Å². The first-order chi connectivity index (χ1) is 8.54. The summed E-state index contributed by atoms with van der Waals surface area (Å²) in [4.78, 5) is 0. The highest BCUT2D eigenvalue weighted by Crippen LogP contribution is 2.25. The summed E-state index contributed by atoms with van der Waals surface area (Å²) in [6.45, 7) is 0. The van der Waals surface area contributed by atoms with Gasteiger partial charge in [-0.2, -0.15) is 0 Å². The Morgan fingerprint density at radius 3 is 2.28 bits per heavy atom. The molecular weight excluding hydrogens is 399 g/mol. The van der Waals surface area contributed by atoms with Crippen molar-refractivity contribution in [2.75, 3.05) is 0 Å². The summed E-state index contributed by atoms with van der Waals surface area (Å²) < 4.78 is 1.93. The third-order valence-corrected chi connectivity index (χ3v) is 3.90. The second-order valence-electron chi connectivity index (χ2n) is 3.70. The number of benzene rings is 2. The molecule has 0 atom stereocenters. The van der Waals surface area contributed by atoms with E-state index >= 15 is 0 Å². The van der Waals surface area contributed by atoms with E-state index in [1.165, 1.54) is 0 Å². The first kappa shape index (κ1) is 14.1. The average molecular weight is 407 g/mol. The minimum absolute atomic E-state index is 0.708.